The lowest BCUT2D eigenvalue weighted by Crippen LogP contribution is -2.38. The van der Waals surface area contributed by atoms with Crippen LogP contribution in [0.1, 0.15) is 18.4 Å². The third kappa shape index (κ3) is 1.90. The molecule has 1 aromatic carbocycles. The van der Waals surface area contributed by atoms with Crippen LogP contribution in [0, 0.1) is 6.92 Å². The van der Waals surface area contributed by atoms with E-state index < -0.39 is 0 Å². The van der Waals surface area contributed by atoms with Gasteiger partial charge in [-0.2, -0.15) is 0 Å². The molecule has 1 aromatic rings. The van der Waals surface area contributed by atoms with E-state index in [1.165, 1.54) is 11.3 Å². The second-order valence-corrected chi connectivity index (χ2v) is 4.03. The van der Waals surface area contributed by atoms with Crippen LogP contribution in [0.2, 0.25) is 0 Å². The SMILES string of the molecule is Cc1ccccc1N1CCCC(O)C1. The standard InChI is InChI=1S/C12H17NO/c1-10-5-2-3-7-12(10)13-8-4-6-11(14)9-13/h2-3,5,7,11,14H,4,6,8-9H2,1H3. The van der Waals surface area contributed by atoms with Crippen molar-refractivity contribution in [3.63, 3.8) is 0 Å². The summed E-state index contributed by atoms with van der Waals surface area (Å²) in [5, 5.41) is 9.59. The Labute approximate surface area is 85.2 Å². The first-order valence-electron chi connectivity index (χ1n) is 5.26. The van der Waals surface area contributed by atoms with Crippen molar-refractivity contribution in [2.75, 3.05) is 18.0 Å². The van der Waals surface area contributed by atoms with Crippen LogP contribution >= 0.6 is 0 Å². The molecule has 1 atom stereocenters. The fraction of sp³-hybridized carbons (Fsp3) is 0.500. The first-order valence-corrected chi connectivity index (χ1v) is 5.26. The molecule has 0 saturated carbocycles. The lowest BCUT2D eigenvalue weighted by molar-refractivity contribution is 0.154. The molecule has 2 heteroatoms. The second kappa shape index (κ2) is 4.01. The zero-order valence-corrected chi connectivity index (χ0v) is 8.61. The molecule has 1 heterocycles. The highest BCUT2D eigenvalue weighted by atomic mass is 16.3. The number of hydrogen-bond acceptors (Lipinski definition) is 2. The van der Waals surface area contributed by atoms with Gasteiger partial charge < -0.3 is 10.0 Å². The van der Waals surface area contributed by atoms with Gasteiger partial charge in [0, 0.05) is 18.8 Å². The summed E-state index contributed by atoms with van der Waals surface area (Å²) < 4.78 is 0. The average molecular weight is 191 g/mol. The molecule has 2 nitrogen and oxygen atoms in total. The van der Waals surface area contributed by atoms with Crippen LogP contribution in [0.5, 0.6) is 0 Å². The van der Waals surface area contributed by atoms with Gasteiger partial charge in [-0.15, -0.1) is 0 Å². The number of nitrogens with zero attached hydrogens (tertiary/aromatic N) is 1. The molecule has 1 N–H and O–H groups in total. The summed E-state index contributed by atoms with van der Waals surface area (Å²) in [7, 11) is 0. The van der Waals surface area contributed by atoms with E-state index in [0.29, 0.717) is 0 Å². The van der Waals surface area contributed by atoms with Gasteiger partial charge in [0.2, 0.25) is 0 Å². The van der Waals surface area contributed by atoms with Gasteiger partial charge in [-0.1, -0.05) is 18.2 Å². The molecule has 2 rings (SSSR count). The third-order valence-electron chi connectivity index (χ3n) is 2.85. The van der Waals surface area contributed by atoms with E-state index in [4.69, 9.17) is 0 Å². The molecule has 0 aliphatic carbocycles. The summed E-state index contributed by atoms with van der Waals surface area (Å²) in [5.74, 6) is 0. The number of aliphatic hydroxyl groups is 1. The van der Waals surface area contributed by atoms with E-state index >= 15 is 0 Å². The van der Waals surface area contributed by atoms with E-state index in [0.717, 1.165) is 25.9 Å². The maximum absolute atomic E-state index is 9.59. The van der Waals surface area contributed by atoms with Crippen molar-refractivity contribution in [2.24, 2.45) is 0 Å². The van der Waals surface area contributed by atoms with E-state index in [-0.39, 0.29) is 6.10 Å². The van der Waals surface area contributed by atoms with Crippen LogP contribution in [0.4, 0.5) is 5.69 Å². The molecule has 1 fully saturated rings. The van der Waals surface area contributed by atoms with Gasteiger partial charge in [-0.3, -0.25) is 0 Å². The molecule has 0 aromatic heterocycles. The molecule has 14 heavy (non-hydrogen) atoms. The topological polar surface area (TPSA) is 23.5 Å². The number of para-hydroxylation sites is 1. The van der Waals surface area contributed by atoms with Crippen molar-refractivity contribution in [3.05, 3.63) is 29.8 Å². The van der Waals surface area contributed by atoms with Crippen LogP contribution in [-0.2, 0) is 0 Å². The van der Waals surface area contributed by atoms with Gasteiger partial charge in [0.1, 0.15) is 0 Å². The van der Waals surface area contributed by atoms with Crippen LogP contribution in [-0.4, -0.2) is 24.3 Å². The predicted molar refractivity (Wildman–Crippen MR) is 58.6 cm³/mol. The summed E-state index contributed by atoms with van der Waals surface area (Å²) in [6.07, 6.45) is 1.89. The van der Waals surface area contributed by atoms with Crippen LogP contribution in [0.25, 0.3) is 0 Å². The highest BCUT2D eigenvalue weighted by molar-refractivity contribution is 5.53. The Balaban J connectivity index is 2.18. The molecule has 1 unspecified atom stereocenters. The molecule has 76 valence electrons. The first-order chi connectivity index (χ1) is 6.77. The highest BCUT2D eigenvalue weighted by Crippen LogP contribution is 2.23. The number of rotatable bonds is 1. The van der Waals surface area contributed by atoms with Crippen molar-refractivity contribution >= 4 is 5.69 Å². The maximum Gasteiger partial charge on any atom is 0.0715 e. The molecular formula is C12H17NO. The van der Waals surface area contributed by atoms with Gasteiger partial charge >= 0.3 is 0 Å². The molecule has 0 spiro atoms. The molecule has 1 aliphatic rings. The Morgan fingerprint density at radius 2 is 2.14 bits per heavy atom. The fourth-order valence-electron chi connectivity index (χ4n) is 2.09. The largest absolute Gasteiger partial charge is 0.391 e. The van der Waals surface area contributed by atoms with Gasteiger partial charge in [0.25, 0.3) is 0 Å². The highest BCUT2D eigenvalue weighted by Gasteiger charge is 2.18. The van der Waals surface area contributed by atoms with Gasteiger partial charge in [-0.05, 0) is 31.4 Å². The monoisotopic (exact) mass is 191 g/mol. The van der Waals surface area contributed by atoms with Crippen LogP contribution in [0.3, 0.4) is 0 Å². The number of β-amino-alcohol motifs (C(OH)–C–C–N with tert-alkyl or cyclic N) is 1. The molecule has 1 aliphatic heterocycles. The van der Waals surface area contributed by atoms with Crippen molar-refractivity contribution in [1.29, 1.82) is 0 Å². The Morgan fingerprint density at radius 1 is 1.36 bits per heavy atom. The molecule has 0 bridgehead atoms. The quantitative estimate of drug-likeness (QED) is 0.733. The van der Waals surface area contributed by atoms with Gasteiger partial charge in [0.05, 0.1) is 6.10 Å². The minimum Gasteiger partial charge on any atom is -0.391 e. The lowest BCUT2D eigenvalue weighted by Gasteiger charge is -2.32. The number of benzene rings is 1. The average Bonchev–Trinajstić information content (AvgIpc) is 2.18. The van der Waals surface area contributed by atoms with Crippen molar-refractivity contribution < 1.29 is 5.11 Å². The fourth-order valence-corrected chi connectivity index (χ4v) is 2.09. The Morgan fingerprint density at radius 3 is 2.86 bits per heavy atom. The molecule has 0 amide bonds. The second-order valence-electron chi connectivity index (χ2n) is 4.03. The predicted octanol–water partition coefficient (Wildman–Crippen LogP) is 1.96. The smallest absolute Gasteiger partial charge is 0.0715 e. The van der Waals surface area contributed by atoms with Crippen molar-refractivity contribution in [3.8, 4) is 0 Å². The summed E-state index contributed by atoms with van der Waals surface area (Å²) >= 11 is 0. The Kier molecular flexibility index (Phi) is 2.73. The minimum absolute atomic E-state index is 0.150. The molecular weight excluding hydrogens is 174 g/mol. The van der Waals surface area contributed by atoms with Crippen LogP contribution < -0.4 is 4.90 Å². The zero-order valence-electron chi connectivity index (χ0n) is 8.61. The van der Waals surface area contributed by atoms with Gasteiger partial charge in [-0.25, -0.2) is 0 Å². The maximum atomic E-state index is 9.59. The summed E-state index contributed by atoms with van der Waals surface area (Å²) in [4.78, 5) is 2.28. The molecule has 0 radical (unpaired) electrons. The number of aliphatic hydroxyl groups excluding tert-OH is 1. The van der Waals surface area contributed by atoms with E-state index in [1.807, 2.05) is 0 Å². The Bertz CT molecular complexity index is 311. The van der Waals surface area contributed by atoms with Gasteiger partial charge in [0.15, 0.2) is 0 Å². The zero-order chi connectivity index (χ0) is 9.97. The van der Waals surface area contributed by atoms with Crippen LogP contribution in [0.15, 0.2) is 24.3 Å². The summed E-state index contributed by atoms with van der Waals surface area (Å²) in [6, 6.07) is 8.37. The number of anilines is 1. The van der Waals surface area contributed by atoms with Crippen molar-refractivity contribution in [1.82, 2.24) is 0 Å². The first kappa shape index (κ1) is 9.53. The normalized spacial score (nSPS) is 22.4. The third-order valence-corrected chi connectivity index (χ3v) is 2.85. The Hall–Kier alpha value is -1.02. The van der Waals surface area contributed by atoms with E-state index in [1.54, 1.807) is 0 Å². The van der Waals surface area contributed by atoms with Crippen molar-refractivity contribution in [2.45, 2.75) is 25.9 Å². The number of hydrogen-bond donors (Lipinski definition) is 1. The molecule has 1 saturated heterocycles. The number of piperidine rings is 1. The number of aryl methyl sites for hydroxylation is 1. The lowest BCUT2D eigenvalue weighted by atomic mass is 10.1. The van der Waals surface area contributed by atoms with E-state index in [2.05, 4.69) is 36.1 Å². The van der Waals surface area contributed by atoms with E-state index in [9.17, 15) is 5.11 Å². The summed E-state index contributed by atoms with van der Waals surface area (Å²) in [6.45, 7) is 3.98. The minimum atomic E-state index is -0.150. The summed E-state index contributed by atoms with van der Waals surface area (Å²) in [5.41, 5.74) is 2.56.